The third-order valence-electron chi connectivity index (χ3n) is 1.37. The highest BCUT2D eigenvalue weighted by Crippen LogP contribution is 2.20. The zero-order valence-corrected chi connectivity index (χ0v) is 4.92. The van der Waals surface area contributed by atoms with E-state index in [0.717, 1.165) is 18.0 Å². The highest BCUT2D eigenvalue weighted by molar-refractivity contribution is 5.64. The van der Waals surface area contributed by atoms with E-state index in [1.165, 1.54) is 0 Å². The van der Waals surface area contributed by atoms with Crippen molar-refractivity contribution in [3.63, 3.8) is 0 Å². The molecular weight excluding hydrogens is 114 g/mol. The standard InChI is InChI=1S/C7H7NO/c1-2-6-3-5-9-7(6)8-4-1/h1-3,5,8H,4H2. The molecule has 0 unspecified atom stereocenters. The molecule has 0 radical (unpaired) electrons. The maximum absolute atomic E-state index is 5.09. The predicted octanol–water partition coefficient (Wildman–Crippen LogP) is 1.72. The normalized spacial score (nSPS) is 14.7. The van der Waals surface area contributed by atoms with Gasteiger partial charge in [0, 0.05) is 12.1 Å². The molecule has 0 aromatic carbocycles. The molecule has 1 aromatic heterocycles. The van der Waals surface area contributed by atoms with Crippen molar-refractivity contribution in [2.24, 2.45) is 0 Å². The summed E-state index contributed by atoms with van der Waals surface area (Å²) in [7, 11) is 0. The van der Waals surface area contributed by atoms with Gasteiger partial charge in [0.15, 0.2) is 5.88 Å². The van der Waals surface area contributed by atoms with Gasteiger partial charge in [-0.25, -0.2) is 0 Å². The lowest BCUT2D eigenvalue weighted by atomic mass is 10.2. The van der Waals surface area contributed by atoms with Gasteiger partial charge in [-0.1, -0.05) is 12.2 Å². The summed E-state index contributed by atoms with van der Waals surface area (Å²) in [4.78, 5) is 0. The van der Waals surface area contributed by atoms with Crippen molar-refractivity contribution in [1.29, 1.82) is 0 Å². The quantitative estimate of drug-likeness (QED) is 0.565. The first kappa shape index (κ1) is 4.68. The third kappa shape index (κ3) is 0.633. The lowest BCUT2D eigenvalue weighted by Gasteiger charge is -2.03. The molecule has 0 fully saturated rings. The van der Waals surface area contributed by atoms with Crippen LogP contribution in [0.4, 0.5) is 5.88 Å². The zero-order chi connectivity index (χ0) is 6.10. The molecule has 2 nitrogen and oxygen atoms in total. The van der Waals surface area contributed by atoms with Crippen LogP contribution in [-0.2, 0) is 0 Å². The summed E-state index contributed by atoms with van der Waals surface area (Å²) in [5.74, 6) is 0.887. The third-order valence-corrected chi connectivity index (χ3v) is 1.37. The van der Waals surface area contributed by atoms with Gasteiger partial charge in [-0.15, -0.1) is 0 Å². The Hall–Kier alpha value is -1.18. The summed E-state index contributed by atoms with van der Waals surface area (Å²) in [5, 5.41) is 3.09. The van der Waals surface area contributed by atoms with Crippen molar-refractivity contribution in [1.82, 2.24) is 0 Å². The van der Waals surface area contributed by atoms with Crippen molar-refractivity contribution in [3.05, 3.63) is 24.0 Å². The Bertz CT molecular complexity index is 237. The number of hydrogen-bond donors (Lipinski definition) is 1. The fourth-order valence-electron chi connectivity index (χ4n) is 0.932. The molecule has 1 aliphatic rings. The van der Waals surface area contributed by atoms with Crippen LogP contribution in [0.1, 0.15) is 5.56 Å². The smallest absolute Gasteiger partial charge is 0.200 e. The first-order valence-electron chi connectivity index (χ1n) is 2.95. The molecule has 9 heavy (non-hydrogen) atoms. The summed E-state index contributed by atoms with van der Waals surface area (Å²) < 4.78 is 5.09. The molecular formula is C7H7NO. The van der Waals surface area contributed by atoms with Crippen molar-refractivity contribution in [2.75, 3.05) is 11.9 Å². The van der Waals surface area contributed by atoms with Gasteiger partial charge < -0.3 is 9.73 Å². The molecule has 46 valence electrons. The SMILES string of the molecule is C1=Cc2ccoc2NC1. The molecule has 0 saturated heterocycles. The molecule has 0 aliphatic carbocycles. The maximum Gasteiger partial charge on any atom is 0.200 e. The highest BCUT2D eigenvalue weighted by Gasteiger charge is 2.03. The Kier molecular flexibility index (Phi) is 0.859. The largest absolute Gasteiger partial charge is 0.448 e. The van der Waals surface area contributed by atoms with Gasteiger partial charge in [-0.05, 0) is 6.07 Å². The average molecular weight is 121 g/mol. The second-order valence-corrected chi connectivity index (χ2v) is 1.99. The fourth-order valence-corrected chi connectivity index (χ4v) is 0.932. The van der Waals surface area contributed by atoms with Crippen LogP contribution < -0.4 is 5.32 Å². The van der Waals surface area contributed by atoms with E-state index in [4.69, 9.17) is 4.42 Å². The highest BCUT2D eigenvalue weighted by atomic mass is 16.3. The summed E-state index contributed by atoms with van der Waals surface area (Å²) >= 11 is 0. The predicted molar refractivity (Wildman–Crippen MR) is 36.2 cm³/mol. The van der Waals surface area contributed by atoms with Crippen molar-refractivity contribution in [3.8, 4) is 0 Å². The Labute approximate surface area is 53.2 Å². The van der Waals surface area contributed by atoms with Crippen LogP contribution in [0, 0.1) is 0 Å². The first-order chi connectivity index (χ1) is 4.47. The van der Waals surface area contributed by atoms with E-state index in [-0.39, 0.29) is 0 Å². The second kappa shape index (κ2) is 1.65. The minimum atomic E-state index is 0.876. The van der Waals surface area contributed by atoms with Gasteiger partial charge in [0.05, 0.1) is 6.26 Å². The summed E-state index contributed by atoms with van der Waals surface area (Å²) in [6.45, 7) is 0.876. The number of rotatable bonds is 0. The number of anilines is 1. The van der Waals surface area contributed by atoms with E-state index >= 15 is 0 Å². The molecule has 2 heteroatoms. The first-order valence-corrected chi connectivity index (χ1v) is 2.95. The van der Waals surface area contributed by atoms with E-state index in [0.29, 0.717) is 0 Å². The number of fused-ring (bicyclic) bond motifs is 1. The fraction of sp³-hybridized carbons (Fsp3) is 0.143. The molecule has 0 atom stereocenters. The summed E-state index contributed by atoms with van der Waals surface area (Å²) in [6, 6.07) is 1.94. The minimum Gasteiger partial charge on any atom is -0.448 e. The average Bonchev–Trinajstić information content (AvgIpc) is 2.33. The van der Waals surface area contributed by atoms with Crippen LogP contribution in [-0.4, -0.2) is 6.54 Å². The minimum absolute atomic E-state index is 0.876. The monoisotopic (exact) mass is 121 g/mol. The van der Waals surface area contributed by atoms with E-state index in [2.05, 4.69) is 17.5 Å². The lowest BCUT2D eigenvalue weighted by molar-refractivity contribution is 0.580. The molecule has 1 aliphatic heterocycles. The van der Waals surface area contributed by atoms with Crippen LogP contribution in [0.25, 0.3) is 6.08 Å². The van der Waals surface area contributed by atoms with E-state index in [9.17, 15) is 0 Å². The molecule has 0 spiro atoms. The molecule has 0 saturated carbocycles. The molecule has 0 amide bonds. The molecule has 2 heterocycles. The van der Waals surface area contributed by atoms with E-state index in [1.807, 2.05) is 6.07 Å². The van der Waals surface area contributed by atoms with Crippen molar-refractivity contribution in [2.45, 2.75) is 0 Å². The Morgan fingerprint density at radius 2 is 2.56 bits per heavy atom. The molecule has 2 rings (SSSR count). The van der Waals surface area contributed by atoms with Crippen LogP contribution in [0.5, 0.6) is 0 Å². The second-order valence-electron chi connectivity index (χ2n) is 1.99. The Balaban J connectivity index is 2.53. The van der Waals surface area contributed by atoms with Crippen LogP contribution in [0.3, 0.4) is 0 Å². The van der Waals surface area contributed by atoms with E-state index in [1.54, 1.807) is 6.26 Å². The number of furan rings is 1. The van der Waals surface area contributed by atoms with Crippen LogP contribution in [0.2, 0.25) is 0 Å². The van der Waals surface area contributed by atoms with E-state index < -0.39 is 0 Å². The van der Waals surface area contributed by atoms with Gasteiger partial charge in [0.25, 0.3) is 0 Å². The van der Waals surface area contributed by atoms with Gasteiger partial charge in [0.2, 0.25) is 0 Å². The Morgan fingerprint density at radius 1 is 1.56 bits per heavy atom. The molecule has 0 bridgehead atoms. The lowest BCUT2D eigenvalue weighted by Crippen LogP contribution is -2.01. The summed E-state index contributed by atoms with van der Waals surface area (Å²) in [5.41, 5.74) is 1.14. The van der Waals surface area contributed by atoms with Gasteiger partial charge >= 0.3 is 0 Å². The topological polar surface area (TPSA) is 25.2 Å². The molecule has 1 N–H and O–H groups in total. The van der Waals surface area contributed by atoms with Crippen LogP contribution >= 0.6 is 0 Å². The number of nitrogens with one attached hydrogen (secondary N) is 1. The maximum atomic E-state index is 5.09. The summed E-state index contributed by atoms with van der Waals surface area (Å²) in [6.07, 6.45) is 5.81. The van der Waals surface area contributed by atoms with Gasteiger partial charge in [0.1, 0.15) is 0 Å². The number of hydrogen-bond acceptors (Lipinski definition) is 2. The van der Waals surface area contributed by atoms with Crippen molar-refractivity contribution >= 4 is 12.0 Å². The Morgan fingerprint density at radius 3 is 3.44 bits per heavy atom. The molecule has 1 aromatic rings. The van der Waals surface area contributed by atoms with Gasteiger partial charge in [-0.2, -0.15) is 0 Å². The zero-order valence-electron chi connectivity index (χ0n) is 4.92. The van der Waals surface area contributed by atoms with Crippen molar-refractivity contribution < 1.29 is 4.42 Å². The van der Waals surface area contributed by atoms with Gasteiger partial charge in [-0.3, -0.25) is 0 Å². The van der Waals surface area contributed by atoms with Crippen LogP contribution in [0.15, 0.2) is 22.8 Å².